The zero-order chi connectivity index (χ0) is 36.7. The summed E-state index contributed by atoms with van der Waals surface area (Å²) in [7, 11) is -0.0592. The van der Waals surface area contributed by atoms with Gasteiger partial charge in [0.15, 0.2) is 0 Å². The van der Waals surface area contributed by atoms with Crippen molar-refractivity contribution in [2.24, 2.45) is 0 Å². The van der Waals surface area contributed by atoms with Crippen LogP contribution in [-0.2, 0) is 13.3 Å². The molecule has 4 nitrogen and oxygen atoms in total. The molecule has 0 aromatic rings. The molecule has 0 aliphatic heterocycles. The van der Waals surface area contributed by atoms with Crippen LogP contribution in [0.4, 0.5) is 0 Å². The Morgan fingerprint density at radius 1 is 0.300 bits per heavy atom. The summed E-state index contributed by atoms with van der Waals surface area (Å²) in [6.45, 7) is 17.3. The Bertz CT molecular complexity index is 594. The Morgan fingerprint density at radius 2 is 0.540 bits per heavy atom. The maximum absolute atomic E-state index is 6.46. The highest BCUT2D eigenvalue weighted by Crippen LogP contribution is 2.23. The monoisotopic (exact) mass is 727 g/mol. The number of nitrogens with zero attached hydrogens (tertiary/aromatic N) is 1. The third-order valence-electron chi connectivity index (χ3n) is 10.9. The minimum Gasteiger partial charge on any atom is -0.373 e. The predicted molar refractivity (Wildman–Crippen MR) is 225 cm³/mol. The van der Waals surface area contributed by atoms with Gasteiger partial charge in [0.2, 0.25) is 0 Å². The molecule has 5 heteroatoms. The Hall–Kier alpha value is 0.0569. The molecule has 0 rings (SSSR count). The molecule has 0 heterocycles. The standard InChI is InChI=1S/C45H96NO3Si/c1-7-12-14-16-18-20-22-24-26-28-30-32-34-36-39-46(6,40-37-35-33-31-29-27-25-23-21-19-17-15-13-8-2)41-38-45-50(47-42-9-3,48-43-10-4)49-44-11-5/h7-45H2,1-6H3/q+1. The largest absolute Gasteiger partial charge is 0.501 e. The van der Waals surface area contributed by atoms with Gasteiger partial charge in [-0.15, -0.1) is 0 Å². The summed E-state index contributed by atoms with van der Waals surface area (Å²) in [4.78, 5) is 0. The third kappa shape index (κ3) is 32.7. The Kier molecular flexibility index (Phi) is 38.8. The van der Waals surface area contributed by atoms with Crippen molar-refractivity contribution < 1.29 is 17.8 Å². The van der Waals surface area contributed by atoms with E-state index in [4.69, 9.17) is 13.3 Å². The SMILES string of the molecule is CCCCCCCCCCCCCCCC[N+](C)(CCCCCCCCCCCCCCCC)CCC[Si](OCCC)(OCCC)OCCC. The average Bonchev–Trinajstić information content (AvgIpc) is 3.12. The molecule has 0 aliphatic rings. The zero-order valence-corrected chi connectivity index (χ0v) is 36.7. The van der Waals surface area contributed by atoms with Crippen molar-refractivity contribution in [3.63, 3.8) is 0 Å². The number of unbranched alkanes of at least 4 members (excludes halogenated alkanes) is 26. The maximum atomic E-state index is 6.46. The van der Waals surface area contributed by atoms with E-state index in [0.717, 1.165) is 51.5 Å². The topological polar surface area (TPSA) is 27.7 Å². The molecule has 0 atom stereocenters. The summed E-state index contributed by atoms with van der Waals surface area (Å²) in [5.41, 5.74) is 0. The van der Waals surface area contributed by atoms with Gasteiger partial charge in [0.25, 0.3) is 0 Å². The van der Waals surface area contributed by atoms with Crippen molar-refractivity contribution in [3.05, 3.63) is 0 Å². The molecule has 0 aromatic carbocycles. The molecule has 0 aromatic heterocycles. The van der Waals surface area contributed by atoms with Crippen molar-refractivity contribution in [3.8, 4) is 0 Å². The lowest BCUT2D eigenvalue weighted by Crippen LogP contribution is -2.50. The van der Waals surface area contributed by atoms with Gasteiger partial charge in [0.05, 0.1) is 26.7 Å². The highest BCUT2D eigenvalue weighted by molar-refractivity contribution is 6.60. The molecule has 0 saturated heterocycles. The van der Waals surface area contributed by atoms with Crippen LogP contribution in [0.3, 0.4) is 0 Å². The molecule has 0 spiro atoms. The van der Waals surface area contributed by atoms with Gasteiger partial charge in [-0.1, -0.05) is 189 Å². The molecule has 0 fully saturated rings. The number of hydrogen-bond donors (Lipinski definition) is 0. The molecule has 50 heavy (non-hydrogen) atoms. The first-order chi connectivity index (χ1) is 24.5. The van der Waals surface area contributed by atoms with E-state index in [-0.39, 0.29) is 0 Å². The first-order valence-corrected chi connectivity index (χ1v) is 25.2. The Morgan fingerprint density at radius 3 is 0.800 bits per heavy atom. The molecular weight excluding hydrogens is 631 g/mol. The van der Waals surface area contributed by atoms with Gasteiger partial charge in [-0.2, -0.15) is 0 Å². The van der Waals surface area contributed by atoms with Crippen molar-refractivity contribution in [2.75, 3.05) is 46.5 Å². The van der Waals surface area contributed by atoms with Crippen LogP contribution in [0.2, 0.25) is 6.04 Å². The Labute approximate surface area is 318 Å². The van der Waals surface area contributed by atoms with Crippen molar-refractivity contribution >= 4 is 8.80 Å². The van der Waals surface area contributed by atoms with Crippen LogP contribution in [0, 0.1) is 0 Å². The smallest absolute Gasteiger partial charge is 0.373 e. The lowest BCUT2D eigenvalue weighted by atomic mass is 10.0. The van der Waals surface area contributed by atoms with Gasteiger partial charge < -0.3 is 17.8 Å². The fraction of sp³-hybridized carbons (Fsp3) is 1.00. The molecule has 0 unspecified atom stereocenters. The molecule has 0 aliphatic carbocycles. The van der Waals surface area contributed by atoms with E-state index in [0.29, 0.717) is 0 Å². The minimum absolute atomic E-state index is 0.754. The number of hydrogen-bond acceptors (Lipinski definition) is 3. The van der Waals surface area contributed by atoms with E-state index >= 15 is 0 Å². The maximum Gasteiger partial charge on any atom is 0.501 e. The van der Waals surface area contributed by atoms with Crippen LogP contribution in [0.15, 0.2) is 0 Å². The van der Waals surface area contributed by atoms with Gasteiger partial charge in [-0.05, 0) is 44.9 Å². The van der Waals surface area contributed by atoms with Crippen LogP contribution in [0.5, 0.6) is 0 Å². The van der Waals surface area contributed by atoms with Crippen molar-refractivity contribution in [1.29, 1.82) is 0 Å². The first-order valence-electron chi connectivity index (χ1n) is 23.3. The number of rotatable bonds is 43. The van der Waals surface area contributed by atoms with Gasteiger partial charge in [-0.3, -0.25) is 0 Å². The third-order valence-corrected chi connectivity index (χ3v) is 13.8. The fourth-order valence-electron chi connectivity index (χ4n) is 7.50. The summed E-state index contributed by atoms with van der Waals surface area (Å²) >= 11 is 0. The minimum atomic E-state index is -2.62. The number of quaternary nitrogens is 1. The molecule has 0 amide bonds. The lowest BCUT2D eigenvalue weighted by Gasteiger charge is -2.36. The van der Waals surface area contributed by atoms with Crippen molar-refractivity contribution in [2.45, 2.75) is 246 Å². The second kappa shape index (κ2) is 38.8. The van der Waals surface area contributed by atoms with Gasteiger partial charge >= 0.3 is 8.80 Å². The molecular formula is C45H96NO3Si+. The first kappa shape index (κ1) is 50.1. The molecule has 0 N–H and O–H groups in total. The van der Waals surface area contributed by atoms with E-state index in [1.165, 1.54) is 204 Å². The van der Waals surface area contributed by atoms with Gasteiger partial charge in [0, 0.05) is 32.3 Å². The lowest BCUT2D eigenvalue weighted by molar-refractivity contribution is -0.910. The summed E-state index contributed by atoms with van der Waals surface area (Å²) in [5.74, 6) is 0. The fourth-order valence-corrected chi connectivity index (χ4v) is 10.3. The molecule has 0 saturated carbocycles. The highest BCUT2D eigenvalue weighted by Gasteiger charge is 2.41. The second-order valence-electron chi connectivity index (χ2n) is 16.3. The predicted octanol–water partition coefficient (Wildman–Crippen LogP) is 15.0. The van der Waals surface area contributed by atoms with E-state index in [1.807, 2.05) is 0 Å². The van der Waals surface area contributed by atoms with Crippen molar-refractivity contribution in [1.82, 2.24) is 0 Å². The van der Waals surface area contributed by atoms with E-state index < -0.39 is 8.80 Å². The summed E-state index contributed by atoms with van der Waals surface area (Å²) in [6, 6.07) is 0.971. The van der Waals surface area contributed by atoms with E-state index in [9.17, 15) is 0 Å². The van der Waals surface area contributed by atoms with E-state index in [2.05, 4.69) is 41.7 Å². The van der Waals surface area contributed by atoms with Gasteiger partial charge in [0.1, 0.15) is 0 Å². The van der Waals surface area contributed by atoms with Gasteiger partial charge in [-0.25, -0.2) is 0 Å². The summed E-state index contributed by atoms with van der Waals surface area (Å²) in [5, 5.41) is 0. The summed E-state index contributed by atoms with van der Waals surface area (Å²) in [6.07, 6.45) is 44.3. The Balaban J connectivity index is 4.62. The molecule has 0 radical (unpaired) electrons. The average molecular weight is 727 g/mol. The molecule has 302 valence electrons. The van der Waals surface area contributed by atoms with Crippen LogP contribution in [-0.4, -0.2) is 59.8 Å². The van der Waals surface area contributed by atoms with Crippen LogP contribution >= 0.6 is 0 Å². The van der Waals surface area contributed by atoms with E-state index in [1.54, 1.807) is 0 Å². The normalized spacial score (nSPS) is 12.4. The van der Waals surface area contributed by atoms with Crippen LogP contribution in [0.1, 0.15) is 240 Å². The zero-order valence-electron chi connectivity index (χ0n) is 35.7. The summed E-state index contributed by atoms with van der Waals surface area (Å²) < 4.78 is 20.6. The molecule has 0 bridgehead atoms. The van der Waals surface area contributed by atoms with Crippen LogP contribution < -0.4 is 0 Å². The quantitative estimate of drug-likeness (QED) is 0.0356. The van der Waals surface area contributed by atoms with Crippen LogP contribution in [0.25, 0.3) is 0 Å². The second-order valence-corrected chi connectivity index (χ2v) is 19.0. The highest BCUT2D eigenvalue weighted by atomic mass is 28.4.